The van der Waals surface area contributed by atoms with Gasteiger partial charge in [0.15, 0.2) is 11.5 Å². The highest BCUT2D eigenvalue weighted by Crippen LogP contribution is 2.68. The van der Waals surface area contributed by atoms with Gasteiger partial charge < -0.3 is 47.6 Å². The number of quaternary nitrogens is 1. The van der Waals surface area contributed by atoms with Gasteiger partial charge in [-0.25, -0.2) is 0 Å². The Morgan fingerprint density at radius 3 is 2.77 bits per heavy atom. The molecule has 5 aliphatic heterocycles. The van der Waals surface area contributed by atoms with Crippen LogP contribution in [0.1, 0.15) is 31.2 Å². The van der Waals surface area contributed by atoms with Crippen molar-refractivity contribution in [3.63, 3.8) is 0 Å². The van der Waals surface area contributed by atoms with Gasteiger partial charge in [0, 0.05) is 49.6 Å². The molecule has 5 heterocycles. The minimum Gasteiger partial charge on any atom is -1.00 e. The quantitative estimate of drug-likeness (QED) is 0.397. The van der Waals surface area contributed by atoms with Crippen LogP contribution in [-0.4, -0.2) is 70.2 Å². The zero-order valence-electron chi connectivity index (χ0n) is 18.3. The molecule has 0 radical (unpaired) electrons. The van der Waals surface area contributed by atoms with Crippen LogP contribution in [0, 0.1) is 17.8 Å². The van der Waals surface area contributed by atoms with E-state index in [1.807, 2.05) is 0 Å². The van der Waals surface area contributed by atoms with Gasteiger partial charge in [-0.3, -0.25) is 0 Å². The second kappa shape index (κ2) is 6.41. The molecule has 8 atom stereocenters. The Kier molecular flexibility index (Phi) is 4.26. The van der Waals surface area contributed by atoms with Crippen LogP contribution in [0.4, 0.5) is 5.69 Å². The summed E-state index contributed by atoms with van der Waals surface area (Å²) >= 11 is 0. The molecule has 2 bridgehead atoms. The van der Waals surface area contributed by atoms with Crippen molar-refractivity contribution in [2.45, 2.75) is 49.3 Å². The van der Waals surface area contributed by atoms with Crippen LogP contribution in [0.15, 0.2) is 12.1 Å². The Morgan fingerprint density at radius 2 is 1.97 bits per heavy atom. The van der Waals surface area contributed by atoms with Crippen molar-refractivity contribution in [1.82, 2.24) is 0 Å². The molecule has 1 aliphatic carbocycles. The van der Waals surface area contributed by atoms with Gasteiger partial charge in [-0.1, -0.05) is 0 Å². The van der Waals surface area contributed by atoms with Crippen molar-refractivity contribution >= 4 is 5.69 Å². The molecular formula is C24H33IN2O3. The second-order valence-electron chi connectivity index (χ2n) is 10.8. The smallest absolute Gasteiger partial charge is 0.162 e. The molecule has 1 saturated carbocycles. The minimum atomic E-state index is 0. The molecule has 164 valence electrons. The Hall–Kier alpha value is -0.730. The summed E-state index contributed by atoms with van der Waals surface area (Å²) in [5, 5.41) is 0. The van der Waals surface area contributed by atoms with Gasteiger partial charge in [-0.05, 0) is 30.4 Å². The van der Waals surface area contributed by atoms with E-state index in [0.29, 0.717) is 18.1 Å². The number of benzene rings is 1. The number of hydrogen-bond acceptors (Lipinski definition) is 4. The SMILES string of the molecule is COc1cc2c(cc1OC)C13CC[N+]4(C)CC5CCOC6CCN2C1C6C5CC34.[I-]. The highest BCUT2D eigenvalue weighted by atomic mass is 127. The van der Waals surface area contributed by atoms with Crippen molar-refractivity contribution < 1.29 is 42.7 Å². The summed E-state index contributed by atoms with van der Waals surface area (Å²) in [6.45, 7) is 4.77. The molecule has 0 amide bonds. The maximum absolute atomic E-state index is 6.56. The van der Waals surface area contributed by atoms with Gasteiger partial charge in [0.1, 0.15) is 6.04 Å². The van der Waals surface area contributed by atoms with Crippen LogP contribution in [0.2, 0.25) is 0 Å². The van der Waals surface area contributed by atoms with Crippen LogP contribution in [0.3, 0.4) is 0 Å². The van der Waals surface area contributed by atoms with Crippen molar-refractivity contribution in [2.75, 3.05) is 52.4 Å². The number of piperidine rings is 2. The lowest BCUT2D eigenvalue weighted by Crippen LogP contribution is -3.00. The van der Waals surface area contributed by atoms with E-state index in [1.165, 1.54) is 48.9 Å². The molecule has 5 nitrogen and oxygen atoms in total. The molecule has 0 N–H and O–H groups in total. The van der Waals surface area contributed by atoms with Gasteiger partial charge >= 0.3 is 0 Å². The minimum absolute atomic E-state index is 0. The predicted molar refractivity (Wildman–Crippen MR) is 111 cm³/mol. The van der Waals surface area contributed by atoms with E-state index in [4.69, 9.17) is 14.2 Å². The molecule has 8 unspecified atom stereocenters. The third-order valence-corrected chi connectivity index (χ3v) is 10.1. The first-order valence-corrected chi connectivity index (χ1v) is 11.6. The second-order valence-corrected chi connectivity index (χ2v) is 10.8. The molecule has 0 aromatic heterocycles. The van der Waals surface area contributed by atoms with Gasteiger partial charge in [-0.2, -0.15) is 0 Å². The van der Waals surface area contributed by atoms with Gasteiger partial charge in [0.25, 0.3) is 0 Å². The third-order valence-electron chi connectivity index (χ3n) is 10.1. The summed E-state index contributed by atoms with van der Waals surface area (Å²) in [5.41, 5.74) is 3.23. The van der Waals surface area contributed by atoms with Gasteiger partial charge in [-0.15, -0.1) is 0 Å². The number of rotatable bonds is 2. The number of anilines is 1. The van der Waals surface area contributed by atoms with E-state index in [1.54, 1.807) is 19.8 Å². The number of ether oxygens (including phenoxy) is 3. The van der Waals surface area contributed by atoms with E-state index in [9.17, 15) is 0 Å². The Bertz CT molecular complexity index is 895. The van der Waals surface area contributed by atoms with Crippen molar-refractivity contribution in [2.24, 2.45) is 17.8 Å². The van der Waals surface area contributed by atoms with Crippen molar-refractivity contribution in [3.05, 3.63) is 17.7 Å². The maximum Gasteiger partial charge on any atom is 0.162 e. The number of fused-ring (bicyclic) bond motifs is 2. The summed E-state index contributed by atoms with van der Waals surface area (Å²) < 4.78 is 19.3. The first-order valence-electron chi connectivity index (χ1n) is 11.6. The molecular weight excluding hydrogens is 491 g/mol. The molecule has 1 spiro atoms. The van der Waals surface area contributed by atoms with E-state index >= 15 is 0 Å². The van der Waals surface area contributed by atoms with Gasteiger partial charge in [0.05, 0.1) is 51.9 Å². The normalized spacial score (nSPS) is 46.6. The molecule has 6 heteroatoms. The molecule has 1 aromatic rings. The zero-order valence-corrected chi connectivity index (χ0v) is 20.4. The zero-order chi connectivity index (χ0) is 19.5. The summed E-state index contributed by atoms with van der Waals surface area (Å²) in [6, 6.07) is 5.96. The molecule has 4 saturated heterocycles. The fourth-order valence-electron chi connectivity index (χ4n) is 9.17. The number of halogens is 1. The molecule has 6 aliphatic rings. The van der Waals surface area contributed by atoms with Crippen LogP contribution in [0.5, 0.6) is 11.5 Å². The van der Waals surface area contributed by atoms with Crippen molar-refractivity contribution in [3.8, 4) is 11.5 Å². The molecule has 1 aromatic carbocycles. The average molecular weight is 524 g/mol. The predicted octanol–water partition coefficient (Wildman–Crippen LogP) is -0.188. The van der Waals surface area contributed by atoms with Gasteiger partial charge in [0.2, 0.25) is 0 Å². The maximum atomic E-state index is 6.56. The number of methoxy groups -OCH3 is 2. The van der Waals surface area contributed by atoms with Crippen LogP contribution in [0.25, 0.3) is 0 Å². The summed E-state index contributed by atoms with van der Waals surface area (Å²) in [4.78, 5) is 2.78. The van der Waals surface area contributed by atoms with Crippen LogP contribution < -0.4 is 38.4 Å². The van der Waals surface area contributed by atoms with E-state index in [2.05, 4.69) is 24.1 Å². The Morgan fingerprint density at radius 1 is 1.17 bits per heavy atom. The number of nitrogens with zero attached hydrogens (tertiary/aromatic N) is 2. The summed E-state index contributed by atoms with van der Waals surface area (Å²) in [7, 11) is 6.10. The lowest BCUT2D eigenvalue weighted by Gasteiger charge is -2.61. The standard InChI is InChI=1S/C24H33N2O3.HI/c1-26-8-6-24-16-11-19(27-2)20(28-3)12-17(16)25-7-4-18-22(23(24)25)15(10-21(24)26)14(13-26)5-9-29-18;/h11-12,14-15,18,21-23H,4-10,13H2,1-3H3;1H/q+1;/p-1. The fraction of sp³-hybridized carbons (Fsp3) is 0.750. The highest BCUT2D eigenvalue weighted by molar-refractivity contribution is 5.72. The monoisotopic (exact) mass is 524 g/mol. The lowest BCUT2D eigenvalue weighted by molar-refractivity contribution is -0.934. The first kappa shape index (κ1) is 19.9. The average Bonchev–Trinajstić information content (AvgIpc) is 3.13. The summed E-state index contributed by atoms with van der Waals surface area (Å²) in [5.74, 6) is 4.14. The van der Waals surface area contributed by atoms with Crippen molar-refractivity contribution in [1.29, 1.82) is 0 Å². The number of likely N-dealkylation sites (N-methyl/N-ethyl adjacent to an activating group) is 1. The largest absolute Gasteiger partial charge is 1.00 e. The Balaban J connectivity index is 0.00000175. The van der Waals surface area contributed by atoms with E-state index in [0.717, 1.165) is 42.5 Å². The lowest BCUT2D eigenvalue weighted by atomic mass is 9.52. The molecule has 30 heavy (non-hydrogen) atoms. The Labute approximate surface area is 196 Å². The summed E-state index contributed by atoms with van der Waals surface area (Å²) in [6.07, 6.45) is 5.60. The third kappa shape index (κ3) is 2.12. The molecule has 7 rings (SSSR count). The molecule has 5 fully saturated rings. The van der Waals surface area contributed by atoms with E-state index < -0.39 is 0 Å². The topological polar surface area (TPSA) is 30.9 Å². The highest BCUT2D eigenvalue weighted by Gasteiger charge is 2.74. The van der Waals surface area contributed by atoms with Crippen LogP contribution in [-0.2, 0) is 10.2 Å². The first-order chi connectivity index (χ1) is 14.1. The number of hydrogen-bond donors (Lipinski definition) is 0. The fourth-order valence-corrected chi connectivity index (χ4v) is 9.17. The van der Waals surface area contributed by atoms with Crippen LogP contribution >= 0.6 is 0 Å². The van der Waals surface area contributed by atoms with E-state index in [-0.39, 0.29) is 29.4 Å².